The molecule has 1 amide bonds. The van der Waals surface area contributed by atoms with Gasteiger partial charge in [-0.1, -0.05) is 33.6 Å². The van der Waals surface area contributed by atoms with Crippen molar-refractivity contribution < 1.29 is 9.53 Å². The van der Waals surface area contributed by atoms with Crippen LogP contribution in [0.4, 0.5) is 5.69 Å². The third-order valence-electron chi connectivity index (χ3n) is 5.29. The van der Waals surface area contributed by atoms with Gasteiger partial charge in [-0.15, -0.1) is 0 Å². The largest absolute Gasteiger partial charge is 0.449 e. The minimum atomic E-state index is -0.335. The van der Waals surface area contributed by atoms with E-state index < -0.39 is 0 Å². The third-order valence-corrected chi connectivity index (χ3v) is 5.82. The van der Waals surface area contributed by atoms with Gasteiger partial charge in [-0.2, -0.15) is 9.78 Å². The van der Waals surface area contributed by atoms with Gasteiger partial charge < -0.3 is 14.5 Å². The van der Waals surface area contributed by atoms with Crippen LogP contribution in [0, 0.1) is 6.92 Å². The van der Waals surface area contributed by atoms with Crippen LogP contribution in [0.1, 0.15) is 12.5 Å². The molecular weight excluding hydrogens is 460 g/mol. The van der Waals surface area contributed by atoms with Crippen molar-refractivity contribution in [2.24, 2.45) is 0 Å². The van der Waals surface area contributed by atoms with Crippen molar-refractivity contribution in [1.29, 1.82) is 0 Å². The van der Waals surface area contributed by atoms with Gasteiger partial charge >= 0.3 is 5.56 Å². The summed E-state index contributed by atoms with van der Waals surface area (Å²) in [5.41, 5.74) is 2.06. The SMILES string of the molecule is CC(=O)N1CCN(c2cnn(-c3ccc(C)cc3)c(=O)c2Oc2ccc(Br)cc2)CC1. The molecule has 2 heterocycles. The van der Waals surface area contributed by atoms with E-state index in [1.807, 2.05) is 48.2 Å². The van der Waals surface area contributed by atoms with Gasteiger partial charge in [0.05, 0.1) is 11.9 Å². The van der Waals surface area contributed by atoms with E-state index in [1.165, 1.54) is 4.68 Å². The van der Waals surface area contributed by atoms with Crippen molar-refractivity contribution in [2.45, 2.75) is 13.8 Å². The van der Waals surface area contributed by atoms with E-state index in [1.54, 1.807) is 30.2 Å². The summed E-state index contributed by atoms with van der Waals surface area (Å²) in [6.07, 6.45) is 1.67. The number of benzene rings is 2. The van der Waals surface area contributed by atoms with Crippen molar-refractivity contribution in [1.82, 2.24) is 14.7 Å². The molecule has 0 saturated carbocycles. The smallest absolute Gasteiger partial charge is 0.316 e. The highest BCUT2D eigenvalue weighted by atomic mass is 79.9. The number of anilines is 1. The van der Waals surface area contributed by atoms with Gasteiger partial charge in [0.25, 0.3) is 0 Å². The highest BCUT2D eigenvalue weighted by Gasteiger charge is 2.24. The van der Waals surface area contributed by atoms with Crippen molar-refractivity contribution >= 4 is 27.5 Å². The van der Waals surface area contributed by atoms with Crippen molar-refractivity contribution in [3.05, 3.63) is 75.1 Å². The second-order valence-electron chi connectivity index (χ2n) is 7.46. The number of amides is 1. The summed E-state index contributed by atoms with van der Waals surface area (Å²) in [6.45, 7) is 5.95. The van der Waals surface area contributed by atoms with Crippen LogP contribution >= 0.6 is 15.9 Å². The van der Waals surface area contributed by atoms with Crippen LogP contribution in [0.3, 0.4) is 0 Å². The molecular formula is C23H23BrN4O3. The van der Waals surface area contributed by atoms with E-state index in [9.17, 15) is 9.59 Å². The molecule has 0 radical (unpaired) electrons. The molecule has 0 N–H and O–H groups in total. The van der Waals surface area contributed by atoms with E-state index in [0.29, 0.717) is 43.3 Å². The minimum Gasteiger partial charge on any atom is -0.449 e. The van der Waals surface area contributed by atoms with E-state index in [-0.39, 0.29) is 17.2 Å². The molecule has 1 aromatic heterocycles. The monoisotopic (exact) mass is 482 g/mol. The van der Waals surface area contributed by atoms with Gasteiger partial charge in [0, 0.05) is 37.6 Å². The molecule has 4 rings (SSSR count). The Morgan fingerprint density at radius 3 is 2.26 bits per heavy atom. The molecule has 7 nitrogen and oxygen atoms in total. The fourth-order valence-corrected chi connectivity index (χ4v) is 3.77. The zero-order valence-corrected chi connectivity index (χ0v) is 19.0. The molecule has 3 aromatic rings. The molecule has 1 saturated heterocycles. The van der Waals surface area contributed by atoms with Crippen LogP contribution in [0.25, 0.3) is 5.69 Å². The zero-order chi connectivity index (χ0) is 22.0. The Balaban J connectivity index is 1.74. The standard InChI is InChI=1S/C23H23BrN4O3/c1-16-3-7-19(8-4-16)28-23(30)22(31-20-9-5-18(24)6-10-20)21(15-25-28)27-13-11-26(12-14-27)17(2)29/h3-10,15H,11-14H2,1-2H3. The molecule has 0 bridgehead atoms. The first-order valence-corrected chi connectivity index (χ1v) is 10.8. The minimum absolute atomic E-state index is 0.0545. The number of carbonyl (C=O) groups is 1. The molecule has 1 fully saturated rings. The predicted octanol–water partition coefficient (Wildman–Crippen LogP) is 3.76. The lowest BCUT2D eigenvalue weighted by Gasteiger charge is -2.35. The van der Waals surface area contributed by atoms with Crippen LogP contribution in [0.15, 0.2) is 64.0 Å². The maximum absolute atomic E-state index is 13.4. The first-order chi connectivity index (χ1) is 14.9. The number of ether oxygens (including phenoxy) is 1. The Labute approximate surface area is 189 Å². The van der Waals surface area contributed by atoms with Crippen molar-refractivity contribution in [3.8, 4) is 17.2 Å². The molecule has 8 heteroatoms. The second-order valence-corrected chi connectivity index (χ2v) is 8.38. The first-order valence-electron chi connectivity index (χ1n) is 10.1. The maximum atomic E-state index is 13.4. The molecule has 0 aliphatic carbocycles. The average Bonchev–Trinajstić information content (AvgIpc) is 2.77. The first kappa shape index (κ1) is 21.1. The van der Waals surface area contributed by atoms with E-state index >= 15 is 0 Å². The fraction of sp³-hybridized carbons (Fsp3) is 0.261. The van der Waals surface area contributed by atoms with Crippen LogP contribution < -0.4 is 15.2 Å². The summed E-state index contributed by atoms with van der Waals surface area (Å²) in [7, 11) is 0. The van der Waals surface area contributed by atoms with Crippen LogP contribution in [-0.2, 0) is 4.79 Å². The lowest BCUT2D eigenvalue weighted by atomic mass is 10.2. The van der Waals surface area contributed by atoms with Gasteiger partial charge in [0.15, 0.2) is 0 Å². The topological polar surface area (TPSA) is 67.7 Å². The summed E-state index contributed by atoms with van der Waals surface area (Å²) in [6, 6.07) is 14.9. The third kappa shape index (κ3) is 4.64. The summed E-state index contributed by atoms with van der Waals surface area (Å²) in [4.78, 5) is 28.9. The molecule has 1 aliphatic rings. The number of hydrogen-bond acceptors (Lipinski definition) is 5. The van der Waals surface area contributed by atoms with Crippen molar-refractivity contribution in [3.63, 3.8) is 0 Å². The van der Waals surface area contributed by atoms with Gasteiger partial charge in [-0.25, -0.2) is 0 Å². The number of rotatable bonds is 4. The van der Waals surface area contributed by atoms with Gasteiger partial charge in [0.2, 0.25) is 11.7 Å². The second kappa shape index (κ2) is 8.93. The quantitative estimate of drug-likeness (QED) is 0.566. The number of carbonyl (C=O) groups excluding carboxylic acids is 1. The molecule has 0 unspecified atom stereocenters. The van der Waals surface area contributed by atoms with E-state index in [0.717, 1.165) is 10.0 Å². The van der Waals surface area contributed by atoms with Gasteiger partial charge in [0.1, 0.15) is 11.4 Å². The lowest BCUT2D eigenvalue weighted by molar-refractivity contribution is -0.129. The molecule has 0 atom stereocenters. The van der Waals surface area contributed by atoms with Crippen LogP contribution in [-0.4, -0.2) is 46.8 Å². The number of halogens is 1. The van der Waals surface area contributed by atoms with Crippen molar-refractivity contribution in [2.75, 3.05) is 31.1 Å². The highest BCUT2D eigenvalue weighted by molar-refractivity contribution is 9.10. The Morgan fingerprint density at radius 1 is 1.00 bits per heavy atom. The maximum Gasteiger partial charge on any atom is 0.316 e. The molecule has 0 spiro atoms. The number of nitrogens with zero attached hydrogens (tertiary/aromatic N) is 4. The van der Waals surface area contributed by atoms with E-state index in [4.69, 9.17) is 4.74 Å². The van der Waals surface area contributed by atoms with Gasteiger partial charge in [-0.3, -0.25) is 9.59 Å². The normalized spacial score (nSPS) is 13.9. The zero-order valence-electron chi connectivity index (χ0n) is 17.4. The van der Waals surface area contributed by atoms with Gasteiger partial charge in [-0.05, 0) is 43.3 Å². The van der Waals surface area contributed by atoms with E-state index in [2.05, 4.69) is 21.0 Å². The summed E-state index contributed by atoms with van der Waals surface area (Å²) in [5.74, 6) is 0.832. The van der Waals surface area contributed by atoms with Crippen LogP contribution in [0.5, 0.6) is 11.5 Å². The number of aryl methyl sites for hydroxylation is 1. The Morgan fingerprint density at radius 2 is 1.65 bits per heavy atom. The highest BCUT2D eigenvalue weighted by Crippen LogP contribution is 2.30. The molecule has 2 aromatic carbocycles. The number of aromatic nitrogens is 2. The van der Waals surface area contributed by atoms with Crippen LogP contribution in [0.2, 0.25) is 0 Å². The average molecular weight is 483 g/mol. The Hall–Kier alpha value is -3.13. The summed E-state index contributed by atoms with van der Waals surface area (Å²) in [5, 5.41) is 4.42. The molecule has 31 heavy (non-hydrogen) atoms. The predicted molar refractivity (Wildman–Crippen MR) is 123 cm³/mol. The Bertz CT molecular complexity index is 1130. The molecule has 160 valence electrons. The number of hydrogen-bond donors (Lipinski definition) is 0. The summed E-state index contributed by atoms with van der Waals surface area (Å²) < 4.78 is 8.37. The Kier molecular flexibility index (Phi) is 6.08. The summed E-state index contributed by atoms with van der Waals surface area (Å²) >= 11 is 3.42. The molecule has 1 aliphatic heterocycles. The lowest BCUT2D eigenvalue weighted by Crippen LogP contribution is -2.48. The fourth-order valence-electron chi connectivity index (χ4n) is 3.50. The number of piperazine rings is 1.